The van der Waals surface area contributed by atoms with E-state index in [1.54, 1.807) is 13.0 Å². The Labute approximate surface area is 136 Å². The minimum absolute atomic E-state index is 0.317. The molecule has 0 aromatic heterocycles. The second-order valence-corrected chi connectivity index (χ2v) is 5.86. The van der Waals surface area contributed by atoms with Gasteiger partial charge >= 0.3 is 5.97 Å². The highest BCUT2D eigenvalue weighted by Gasteiger charge is 2.34. The maximum absolute atomic E-state index is 12.1. The highest BCUT2D eigenvalue weighted by Crippen LogP contribution is 2.26. The van der Waals surface area contributed by atoms with Crippen molar-refractivity contribution in [3.63, 3.8) is 0 Å². The predicted octanol–water partition coefficient (Wildman–Crippen LogP) is 2.48. The first-order valence-electron chi connectivity index (χ1n) is 7.83. The Kier molecular flexibility index (Phi) is 5.42. The number of methoxy groups -OCH3 is 1. The van der Waals surface area contributed by atoms with Crippen molar-refractivity contribution >= 4 is 18.0 Å². The second kappa shape index (κ2) is 7.31. The Morgan fingerprint density at radius 3 is 2.91 bits per heavy atom. The largest absolute Gasteiger partial charge is 0.493 e. The van der Waals surface area contributed by atoms with E-state index in [2.05, 4.69) is 5.32 Å². The molecule has 0 spiro atoms. The number of hydrogen-bond donors (Lipinski definition) is 1. The normalized spacial score (nSPS) is 15.6. The van der Waals surface area contributed by atoms with Crippen LogP contribution in [0.25, 0.3) is 6.08 Å². The topological polar surface area (TPSA) is 64.6 Å². The van der Waals surface area contributed by atoms with E-state index in [0.717, 1.165) is 29.7 Å². The summed E-state index contributed by atoms with van der Waals surface area (Å²) in [4.78, 5) is 24.0. The number of benzene rings is 1. The highest BCUT2D eigenvalue weighted by atomic mass is 16.5. The highest BCUT2D eigenvalue weighted by molar-refractivity contribution is 5.96. The van der Waals surface area contributed by atoms with Gasteiger partial charge in [-0.1, -0.05) is 19.4 Å². The number of rotatable bonds is 6. The lowest BCUT2D eigenvalue weighted by molar-refractivity contribution is -0.150. The summed E-state index contributed by atoms with van der Waals surface area (Å²) < 4.78 is 10.2. The van der Waals surface area contributed by atoms with Crippen LogP contribution >= 0.6 is 0 Å². The molecule has 1 amide bonds. The van der Waals surface area contributed by atoms with Crippen LogP contribution < -0.4 is 10.1 Å². The van der Waals surface area contributed by atoms with E-state index in [0.29, 0.717) is 13.0 Å². The van der Waals surface area contributed by atoms with Crippen molar-refractivity contribution in [2.24, 2.45) is 0 Å². The molecule has 5 nitrogen and oxygen atoms in total. The van der Waals surface area contributed by atoms with Gasteiger partial charge in [-0.05, 0) is 42.7 Å². The third-order valence-electron chi connectivity index (χ3n) is 3.93. The summed E-state index contributed by atoms with van der Waals surface area (Å²) in [5.41, 5.74) is 1.08. The minimum atomic E-state index is -1.00. The van der Waals surface area contributed by atoms with Crippen molar-refractivity contribution in [3.8, 4) is 5.75 Å². The van der Waals surface area contributed by atoms with Gasteiger partial charge in [-0.15, -0.1) is 0 Å². The van der Waals surface area contributed by atoms with E-state index >= 15 is 0 Å². The Hall–Kier alpha value is -2.30. The van der Waals surface area contributed by atoms with Crippen LogP contribution in [0.5, 0.6) is 5.75 Å². The molecule has 1 aliphatic rings. The number of amides is 1. The Morgan fingerprint density at radius 1 is 1.43 bits per heavy atom. The number of nitrogens with one attached hydrogen (secondary N) is 1. The average Bonchev–Trinajstić information content (AvgIpc) is 2.99. The Balaban J connectivity index is 2.04. The SMILES string of the molecule is CCCC(C)(NC(=O)/C=C/c1ccc2c(c1)CCO2)C(=O)OC. The zero-order valence-electron chi connectivity index (χ0n) is 13.8. The summed E-state index contributed by atoms with van der Waals surface area (Å²) >= 11 is 0. The van der Waals surface area contributed by atoms with Crippen molar-refractivity contribution < 1.29 is 19.1 Å². The smallest absolute Gasteiger partial charge is 0.331 e. The third-order valence-corrected chi connectivity index (χ3v) is 3.93. The molecule has 0 radical (unpaired) electrons. The first kappa shape index (κ1) is 17.1. The summed E-state index contributed by atoms with van der Waals surface area (Å²) in [7, 11) is 1.32. The van der Waals surface area contributed by atoms with Gasteiger partial charge in [-0.3, -0.25) is 4.79 Å². The minimum Gasteiger partial charge on any atom is -0.493 e. The van der Waals surface area contributed by atoms with E-state index < -0.39 is 11.5 Å². The molecule has 1 atom stereocenters. The van der Waals surface area contributed by atoms with Gasteiger partial charge in [0.05, 0.1) is 13.7 Å². The summed E-state index contributed by atoms with van der Waals surface area (Å²) in [6.45, 7) is 4.34. The standard InChI is InChI=1S/C18H23NO4/c1-4-10-18(2,17(21)22-3)19-16(20)8-6-13-5-7-15-14(12-13)9-11-23-15/h5-8,12H,4,9-11H2,1-3H3,(H,19,20)/b8-6+. The maximum atomic E-state index is 12.1. The average molecular weight is 317 g/mol. The van der Waals surface area contributed by atoms with Gasteiger partial charge in [-0.2, -0.15) is 0 Å². The van der Waals surface area contributed by atoms with E-state index in [-0.39, 0.29) is 5.91 Å². The first-order chi connectivity index (χ1) is 11.0. The number of fused-ring (bicyclic) bond motifs is 1. The molecule has 124 valence electrons. The van der Waals surface area contributed by atoms with Gasteiger partial charge in [0.25, 0.3) is 0 Å². The molecule has 0 aliphatic carbocycles. The van der Waals surface area contributed by atoms with Gasteiger partial charge in [0, 0.05) is 12.5 Å². The summed E-state index contributed by atoms with van der Waals surface area (Å²) in [5, 5.41) is 2.74. The molecule has 1 aliphatic heterocycles. The molecule has 1 heterocycles. The summed E-state index contributed by atoms with van der Waals surface area (Å²) in [6.07, 6.45) is 5.35. The van der Waals surface area contributed by atoms with E-state index in [1.165, 1.54) is 13.2 Å². The van der Waals surface area contributed by atoms with Crippen LogP contribution in [0.3, 0.4) is 0 Å². The van der Waals surface area contributed by atoms with Crippen LogP contribution in [0.15, 0.2) is 24.3 Å². The molecule has 0 bridgehead atoms. The van der Waals surface area contributed by atoms with Gasteiger partial charge < -0.3 is 14.8 Å². The molecule has 0 fully saturated rings. The molecule has 1 unspecified atom stereocenters. The molecule has 0 saturated carbocycles. The zero-order chi connectivity index (χ0) is 16.9. The first-order valence-corrected chi connectivity index (χ1v) is 7.83. The molecular weight excluding hydrogens is 294 g/mol. The van der Waals surface area contributed by atoms with Crippen molar-refractivity contribution in [1.29, 1.82) is 0 Å². The predicted molar refractivity (Wildman–Crippen MR) is 88.1 cm³/mol. The fraction of sp³-hybridized carbons (Fsp3) is 0.444. The Bertz CT molecular complexity index is 623. The number of carbonyl (C=O) groups is 2. The van der Waals surface area contributed by atoms with Gasteiger partial charge in [-0.25, -0.2) is 4.79 Å². The second-order valence-electron chi connectivity index (χ2n) is 5.86. The number of carbonyl (C=O) groups excluding carboxylic acids is 2. The lowest BCUT2D eigenvalue weighted by atomic mass is 9.96. The number of esters is 1. The van der Waals surface area contributed by atoms with Crippen molar-refractivity contribution in [2.75, 3.05) is 13.7 Å². The zero-order valence-corrected chi connectivity index (χ0v) is 13.8. The van der Waals surface area contributed by atoms with Crippen LogP contribution in [-0.2, 0) is 20.7 Å². The monoisotopic (exact) mass is 317 g/mol. The van der Waals surface area contributed by atoms with Crippen LogP contribution in [0.4, 0.5) is 0 Å². The fourth-order valence-electron chi connectivity index (χ4n) is 2.74. The molecule has 1 N–H and O–H groups in total. The molecule has 23 heavy (non-hydrogen) atoms. The third kappa shape index (κ3) is 4.12. The van der Waals surface area contributed by atoms with E-state index in [9.17, 15) is 9.59 Å². The quantitative estimate of drug-likeness (QED) is 0.647. The van der Waals surface area contributed by atoms with Crippen LogP contribution in [0.2, 0.25) is 0 Å². The fourth-order valence-corrected chi connectivity index (χ4v) is 2.74. The molecule has 5 heteroatoms. The lowest BCUT2D eigenvalue weighted by Crippen LogP contribution is -2.52. The number of ether oxygens (including phenoxy) is 2. The van der Waals surface area contributed by atoms with Crippen LogP contribution in [0.1, 0.15) is 37.8 Å². The van der Waals surface area contributed by atoms with Crippen molar-refractivity contribution in [3.05, 3.63) is 35.4 Å². The molecule has 1 aromatic rings. The van der Waals surface area contributed by atoms with Crippen molar-refractivity contribution in [1.82, 2.24) is 5.32 Å². The lowest BCUT2D eigenvalue weighted by Gasteiger charge is -2.26. The maximum Gasteiger partial charge on any atom is 0.331 e. The molecule has 1 aromatic carbocycles. The molecule has 2 rings (SSSR count). The van der Waals surface area contributed by atoms with E-state index in [1.807, 2.05) is 25.1 Å². The van der Waals surface area contributed by atoms with Gasteiger partial charge in [0.1, 0.15) is 11.3 Å². The summed E-state index contributed by atoms with van der Waals surface area (Å²) in [5.74, 6) is 0.159. The Morgan fingerprint density at radius 2 is 2.22 bits per heavy atom. The van der Waals surface area contributed by atoms with Gasteiger partial charge in [0.2, 0.25) is 5.91 Å². The molecular formula is C18H23NO4. The summed E-state index contributed by atoms with van der Waals surface area (Å²) in [6, 6.07) is 5.83. The van der Waals surface area contributed by atoms with Crippen LogP contribution in [-0.4, -0.2) is 31.1 Å². The van der Waals surface area contributed by atoms with Crippen molar-refractivity contribution in [2.45, 2.75) is 38.6 Å². The van der Waals surface area contributed by atoms with E-state index in [4.69, 9.17) is 9.47 Å². The van der Waals surface area contributed by atoms with Crippen LogP contribution in [0, 0.1) is 0 Å². The van der Waals surface area contributed by atoms with Gasteiger partial charge in [0.15, 0.2) is 0 Å². The molecule has 0 saturated heterocycles. The number of hydrogen-bond acceptors (Lipinski definition) is 4.